The fraction of sp³-hybridized carbons (Fsp3) is 0.208. The average molecular weight is 456 g/mol. The lowest BCUT2D eigenvalue weighted by molar-refractivity contribution is 0.122. The van der Waals surface area contributed by atoms with Crippen molar-refractivity contribution < 1.29 is 9.13 Å². The van der Waals surface area contributed by atoms with Crippen LogP contribution in [0.4, 0.5) is 21.7 Å². The summed E-state index contributed by atoms with van der Waals surface area (Å²) in [5, 5.41) is 17.0. The number of nitriles is 1. The van der Waals surface area contributed by atoms with Crippen LogP contribution in [-0.2, 0) is 4.74 Å². The topological polar surface area (TPSA) is 105 Å². The van der Waals surface area contributed by atoms with E-state index in [-0.39, 0.29) is 5.56 Å². The van der Waals surface area contributed by atoms with Gasteiger partial charge in [0, 0.05) is 30.5 Å². The van der Waals surface area contributed by atoms with Crippen molar-refractivity contribution in [2.75, 3.05) is 36.5 Å². The Labute approximate surface area is 195 Å². The van der Waals surface area contributed by atoms with E-state index in [2.05, 4.69) is 25.4 Å². The highest BCUT2D eigenvalue weighted by atomic mass is 19.1. The van der Waals surface area contributed by atoms with Crippen molar-refractivity contribution in [3.05, 3.63) is 72.2 Å². The minimum Gasteiger partial charge on any atom is -0.378 e. The van der Waals surface area contributed by atoms with Gasteiger partial charge in [0.1, 0.15) is 29.6 Å². The van der Waals surface area contributed by atoms with Crippen molar-refractivity contribution in [3.8, 4) is 23.0 Å². The normalized spacial score (nSPS) is 13.5. The third kappa shape index (κ3) is 4.42. The van der Waals surface area contributed by atoms with E-state index in [0.717, 1.165) is 11.4 Å². The summed E-state index contributed by atoms with van der Waals surface area (Å²) in [6, 6.07) is 14.4. The van der Waals surface area contributed by atoms with Crippen LogP contribution in [0.15, 0.2) is 55.0 Å². The molecule has 34 heavy (non-hydrogen) atoms. The number of morpholine rings is 1. The van der Waals surface area contributed by atoms with Crippen molar-refractivity contribution in [1.82, 2.24) is 24.7 Å². The largest absolute Gasteiger partial charge is 0.378 e. The smallest absolute Gasteiger partial charge is 0.227 e. The van der Waals surface area contributed by atoms with Gasteiger partial charge in [-0.2, -0.15) is 10.4 Å². The van der Waals surface area contributed by atoms with Crippen molar-refractivity contribution in [2.24, 2.45) is 0 Å². The molecule has 1 fully saturated rings. The van der Waals surface area contributed by atoms with Crippen LogP contribution in [0.5, 0.6) is 0 Å². The van der Waals surface area contributed by atoms with Gasteiger partial charge in [-0.25, -0.2) is 24.0 Å². The molecule has 0 bridgehead atoms. The highest BCUT2D eigenvalue weighted by molar-refractivity contribution is 5.72. The van der Waals surface area contributed by atoms with Gasteiger partial charge in [-0.3, -0.25) is 0 Å². The average Bonchev–Trinajstić information content (AvgIpc) is 3.31. The number of nitrogens with one attached hydrogen (secondary N) is 1. The molecule has 0 radical (unpaired) electrons. The molecule has 9 nitrogen and oxygen atoms in total. The lowest BCUT2D eigenvalue weighted by atomic mass is 10.0. The van der Waals surface area contributed by atoms with Crippen LogP contribution in [0, 0.1) is 24.1 Å². The number of nitrogens with zero attached hydrogens (tertiary/aromatic N) is 7. The number of hydrogen-bond donors (Lipinski definition) is 1. The van der Waals surface area contributed by atoms with Gasteiger partial charge >= 0.3 is 0 Å². The molecule has 5 rings (SSSR count). The third-order valence-corrected chi connectivity index (χ3v) is 5.48. The Balaban J connectivity index is 1.41. The first-order valence-corrected chi connectivity index (χ1v) is 10.8. The second-order valence-electron chi connectivity index (χ2n) is 7.74. The van der Waals surface area contributed by atoms with Crippen LogP contribution >= 0.6 is 0 Å². The van der Waals surface area contributed by atoms with E-state index >= 15 is 0 Å². The van der Waals surface area contributed by atoms with Gasteiger partial charge in [-0.15, -0.1) is 0 Å². The number of hydrogen-bond acceptors (Lipinski definition) is 8. The second kappa shape index (κ2) is 9.25. The summed E-state index contributed by atoms with van der Waals surface area (Å²) in [4.78, 5) is 15.0. The molecule has 170 valence electrons. The number of halogens is 1. The van der Waals surface area contributed by atoms with Gasteiger partial charge in [0.05, 0.1) is 30.3 Å². The maximum Gasteiger partial charge on any atom is 0.227 e. The SMILES string of the molecule is Cc1ncn(-c2ccc(Nc3nccc(-c4cc(F)c(C#N)c(N5CCOCC5)c4)n3)cc2)n1. The Morgan fingerprint density at radius 3 is 2.59 bits per heavy atom. The molecule has 1 saturated heterocycles. The quantitative estimate of drug-likeness (QED) is 0.486. The molecule has 10 heteroatoms. The number of rotatable bonds is 5. The van der Waals surface area contributed by atoms with Crippen LogP contribution in [-0.4, -0.2) is 51.0 Å². The minimum atomic E-state index is -0.575. The second-order valence-corrected chi connectivity index (χ2v) is 7.74. The third-order valence-electron chi connectivity index (χ3n) is 5.48. The Hall–Kier alpha value is -4.36. The van der Waals surface area contributed by atoms with E-state index in [1.54, 1.807) is 29.3 Å². The number of aryl methyl sites for hydroxylation is 1. The molecule has 0 amide bonds. The summed E-state index contributed by atoms with van der Waals surface area (Å²) in [6.45, 7) is 4.10. The first-order valence-electron chi connectivity index (χ1n) is 10.8. The molecule has 1 aliphatic rings. The van der Waals surface area contributed by atoms with E-state index < -0.39 is 5.82 Å². The number of anilines is 3. The van der Waals surface area contributed by atoms with Gasteiger partial charge in [0.25, 0.3) is 0 Å². The Morgan fingerprint density at radius 2 is 1.88 bits per heavy atom. The predicted molar refractivity (Wildman–Crippen MR) is 125 cm³/mol. The van der Waals surface area contributed by atoms with Crippen LogP contribution in [0.25, 0.3) is 16.9 Å². The zero-order valence-corrected chi connectivity index (χ0v) is 18.4. The van der Waals surface area contributed by atoms with Gasteiger partial charge < -0.3 is 15.0 Å². The fourth-order valence-corrected chi connectivity index (χ4v) is 3.78. The number of ether oxygens (including phenoxy) is 1. The molecule has 2 aromatic heterocycles. The molecule has 1 N–H and O–H groups in total. The van der Waals surface area contributed by atoms with Crippen molar-refractivity contribution in [1.29, 1.82) is 5.26 Å². The van der Waals surface area contributed by atoms with Crippen LogP contribution in [0.3, 0.4) is 0 Å². The van der Waals surface area contributed by atoms with E-state index in [4.69, 9.17) is 4.74 Å². The summed E-state index contributed by atoms with van der Waals surface area (Å²) < 4.78 is 21.9. The van der Waals surface area contributed by atoms with E-state index in [9.17, 15) is 9.65 Å². The minimum absolute atomic E-state index is 0.0284. The molecule has 0 spiro atoms. The van der Waals surface area contributed by atoms with E-state index in [0.29, 0.717) is 55.0 Å². The summed E-state index contributed by atoms with van der Waals surface area (Å²) in [5.41, 5.74) is 3.36. The molecular formula is C24H21FN8O. The van der Waals surface area contributed by atoms with Gasteiger partial charge in [0.15, 0.2) is 0 Å². The molecule has 1 aliphatic heterocycles. The molecule has 3 heterocycles. The maximum absolute atomic E-state index is 14.8. The molecule has 0 unspecified atom stereocenters. The first kappa shape index (κ1) is 21.5. The monoisotopic (exact) mass is 456 g/mol. The van der Waals surface area contributed by atoms with Crippen molar-refractivity contribution in [2.45, 2.75) is 6.92 Å². The first-order chi connectivity index (χ1) is 16.6. The molecule has 2 aromatic carbocycles. The standard InChI is InChI=1S/C24H21FN8O/c1-16-28-15-33(31-16)19-4-2-18(3-5-19)29-24-27-7-6-22(30-24)17-12-21(25)20(14-26)23(13-17)32-8-10-34-11-9-32/h2-7,12-13,15H,8-11H2,1H3,(H,27,29,30). The summed E-state index contributed by atoms with van der Waals surface area (Å²) >= 11 is 0. The summed E-state index contributed by atoms with van der Waals surface area (Å²) in [6.07, 6.45) is 3.27. The van der Waals surface area contributed by atoms with Crippen molar-refractivity contribution in [3.63, 3.8) is 0 Å². The highest BCUT2D eigenvalue weighted by Gasteiger charge is 2.20. The van der Waals surface area contributed by atoms with Crippen LogP contribution in [0.2, 0.25) is 0 Å². The Kier molecular flexibility index (Phi) is 5.84. The van der Waals surface area contributed by atoms with E-state index in [1.165, 1.54) is 6.07 Å². The zero-order valence-electron chi connectivity index (χ0n) is 18.4. The van der Waals surface area contributed by atoms with Crippen LogP contribution in [0.1, 0.15) is 11.4 Å². The Morgan fingerprint density at radius 1 is 1.09 bits per heavy atom. The Bertz CT molecular complexity index is 1360. The number of aromatic nitrogens is 5. The van der Waals surface area contributed by atoms with Crippen LogP contribution < -0.4 is 10.2 Å². The highest BCUT2D eigenvalue weighted by Crippen LogP contribution is 2.30. The lowest BCUT2D eigenvalue weighted by Crippen LogP contribution is -2.36. The summed E-state index contributed by atoms with van der Waals surface area (Å²) in [5.74, 6) is 0.497. The fourth-order valence-electron chi connectivity index (χ4n) is 3.78. The zero-order chi connectivity index (χ0) is 23.5. The van der Waals surface area contributed by atoms with Gasteiger partial charge in [0.2, 0.25) is 5.95 Å². The van der Waals surface area contributed by atoms with Gasteiger partial charge in [-0.1, -0.05) is 0 Å². The molecule has 0 atom stereocenters. The molecule has 4 aromatic rings. The van der Waals surface area contributed by atoms with Crippen molar-refractivity contribution >= 4 is 17.3 Å². The predicted octanol–water partition coefficient (Wildman–Crippen LogP) is 3.62. The number of benzene rings is 2. The van der Waals surface area contributed by atoms with E-state index in [1.807, 2.05) is 42.2 Å². The maximum atomic E-state index is 14.8. The van der Waals surface area contributed by atoms with Gasteiger partial charge in [-0.05, 0) is 49.4 Å². The molecule has 0 aliphatic carbocycles. The summed E-state index contributed by atoms with van der Waals surface area (Å²) in [7, 11) is 0. The molecule has 0 saturated carbocycles. The lowest BCUT2D eigenvalue weighted by Gasteiger charge is -2.30. The molecular weight excluding hydrogens is 435 g/mol.